The van der Waals surface area contributed by atoms with Gasteiger partial charge >= 0.3 is 6.61 Å². The molecule has 38 heavy (non-hydrogen) atoms. The second-order valence-electron chi connectivity index (χ2n) is 9.12. The Hall–Kier alpha value is -3.95. The van der Waals surface area contributed by atoms with Crippen molar-refractivity contribution in [2.75, 3.05) is 12.4 Å². The molecule has 5 rings (SSSR count). The number of nitrogens with one attached hydrogen (secondary N) is 1. The van der Waals surface area contributed by atoms with Crippen molar-refractivity contribution in [3.8, 4) is 22.9 Å². The van der Waals surface area contributed by atoms with E-state index in [-0.39, 0.29) is 24.7 Å². The summed E-state index contributed by atoms with van der Waals surface area (Å²) in [6.45, 7) is -0.370. The Morgan fingerprint density at radius 3 is 2.71 bits per heavy atom. The number of pyridine rings is 1. The van der Waals surface area contributed by atoms with Crippen molar-refractivity contribution >= 4 is 28.3 Å². The van der Waals surface area contributed by atoms with Crippen molar-refractivity contribution in [2.24, 2.45) is 5.92 Å². The first-order chi connectivity index (χ1) is 18.2. The molecule has 0 radical (unpaired) electrons. The lowest BCUT2D eigenvalue weighted by Crippen LogP contribution is -2.43. The molecule has 0 saturated heterocycles. The van der Waals surface area contributed by atoms with Crippen LogP contribution in [0.15, 0.2) is 30.5 Å². The van der Waals surface area contributed by atoms with Crippen LogP contribution in [0, 0.1) is 24.2 Å². The van der Waals surface area contributed by atoms with Crippen molar-refractivity contribution in [3.63, 3.8) is 0 Å². The number of thiazole rings is 1. The molecule has 3 heterocycles. The number of fused-ring (bicyclic) bond motifs is 1. The first kappa shape index (κ1) is 25.7. The van der Waals surface area contributed by atoms with E-state index >= 15 is 0 Å². The quantitative estimate of drug-likeness (QED) is 0.470. The molecule has 0 unspecified atom stereocenters. The molecule has 1 aliphatic heterocycles. The minimum Gasteiger partial charge on any atom is -0.496 e. The molecule has 196 valence electrons. The van der Waals surface area contributed by atoms with E-state index in [9.17, 15) is 23.6 Å². The lowest BCUT2D eigenvalue weighted by atomic mass is 9.81. The van der Waals surface area contributed by atoms with Gasteiger partial charge in [-0.3, -0.25) is 19.9 Å². The summed E-state index contributed by atoms with van der Waals surface area (Å²) < 4.78 is 34.6. The van der Waals surface area contributed by atoms with Crippen molar-refractivity contribution in [3.05, 3.63) is 57.9 Å². The highest BCUT2D eigenvalue weighted by Gasteiger charge is 2.40. The van der Waals surface area contributed by atoms with E-state index in [2.05, 4.69) is 26.1 Å². The molecule has 1 aromatic carbocycles. The van der Waals surface area contributed by atoms with Crippen LogP contribution in [0.1, 0.15) is 45.0 Å². The molecule has 2 aliphatic rings. The van der Waals surface area contributed by atoms with Gasteiger partial charge in [0, 0.05) is 28.9 Å². The number of nitriles is 1. The predicted molar refractivity (Wildman–Crippen MR) is 134 cm³/mol. The number of alkyl halides is 2. The van der Waals surface area contributed by atoms with Gasteiger partial charge in [-0.1, -0.05) is 11.3 Å². The Kier molecular flexibility index (Phi) is 7.05. The van der Waals surface area contributed by atoms with E-state index in [0.717, 1.165) is 4.88 Å². The number of rotatable bonds is 7. The molecule has 0 bridgehead atoms. The maximum absolute atomic E-state index is 13.3. The number of amides is 2. The van der Waals surface area contributed by atoms with Gasteiger partial charge in [0.2, 0.25) is 5.91 Å². The van der Waals surface area contributed by atoms with Gasteiger partial charge in [-0.05, 0) is 44.0 Å². The van der Waals surface area contributed by atoms with E-state index < -0.39 is 18.6 Å². The van der Waals surface area contributed by atoms with E-state index in [1.165, 1.54) is 24.6 Å². The summed E-state index contributed by atoms with van der Waals surface area (Å²) in [5.41, 5.74) is 3.27. The summed E-state index contributed by atoms with van der Waals surface area (Å²) in [6, 6.07) is 8.85. The van der Waals surface area contributed by atoms with Crippen molar-refractivity contribution in [1.82, 2.24) is 14.9 Å². The number of carbonyl (C=O) groups excluding carboxylic acids is 2. The summed E-state index contributed by atoms with van der Waals surface area (Å²) in [5, 5.41) is 12.6. The monoisotopic (exact) mass is 539 g/mol. The average molecular weight is 540 g/mol. The molecular formula is C26H23F2N5O4S. The maximum atomic E-state index is 13.3. The van der Waals surface area contributed by atoms with E-state index in [1.807, 2.05) is 0 Å². The van der Waals surface area contributed by atoms with Gasteiger partial charge in [-0.2, -0.15) is 14.0 Å². The molecule has 0 spiro atoms. The molecule has 1 fully saturated rings. The van der Waals surface area contributed by atoms with Crippen LogP contribution in [-0.2, 0) is 22.6 Å². The number of nitrogens with zero attached hydrogens (tertiary/aromatic N) is 4. The molecule has 1 aliphatic carbocycles. The number of anilines is 1. The van der Waals surface area contributed by atoms with Crippen LogP contribution >= 0.6 is 11.3 Å². The van der Waals surface area contributed by atoms with Gasteiger partial charge in [-0.15, -0.1) is 0 Å². The molecule has 2 amide bonds. The Morgan fingerprint density at radius 1 is 1.24 bits per heavy atom. The predicted octanol–water partition coefficient (Wildman–Crippen LogP) is 4.51. The van der Waals surface area contributed by atoms with E-state index in [0.29, 0.717) is 57.6 Å². The van der Waals surface area contributed by atoms with Gasteiger partial charge in [0.1, 0.15) is 5.75 Å². The fourth-order valence-electron chi connectivity index (χ4n) is 4.65. The number of halogens is 2. The second kappa shape index (κ2) is 10.4. The second-order valence-corrected chi connectivity index (χ2v) is 10.2. The standard InChI is InChI=1S/C26H23F2N5O4S/c1-13-5-17(18-6-14(9-29)3-4-21(18)36-2)19(10-30-13)23(34)32-26-31-20-11-33(12-22(20)38-26)24(35)15-7-16(8-15)37-25(27)28/h3-6,10,15-16,25H,7-8,11-12H2,1-2H3,(H,31,32,34). The van der Waals surface area contributed by atoms with Crippen molar-refractivity contribution < 1.29 is 27.8 Å². The first-order valence-electron chi connectivity index (χ1n) is 11.8. The zero-order valence-corrected chi connectivity index (χ0v) is 21.3. The topological polar surface area (TPSA) is 117 Å². The highest BCUT2D eigenvalue weighted by molar-refractivity contribution is 7.16. The number of methoxy groups -OCH3 is 1. The van der Waals surface area contributed by atoms with Gasteiger partial charge in [0.15, 0.2) is 5.13 Å². The van der Waals surface area contributed by atoms with Gasteiger partial charge < -0.3 is 14.4 Å². The number of hydrogen-bond donors (Lipinski definition) is 1. The largest absolute Gasteiger partial charge is 0.496 e. The summed E-state index contributed by atoms with van der Waals surface area (Å²) in [7, 11) is 1.52. The smallest absolute Gasteiger partial charge is 0.345 e. The Morgan fingerprint density at radius 2 is 2.03 bits per heavy atom. The summed E-state index contributed by atoms with van der Waals surface area (Å²) in [5.74, 6) is -0.327. The summed E-state index contributed by atoms with van der Waals surface area (Å²) in [6.07, 6.45) is 1.47. The van der Waals surface area contributed by atoms with Crippen LogP contribution < -0.4 is 10.1 Å². The normalized spacial score (nSPS) is 18.1. The number of ether oxygens (including phenoxy) is 2. The SMILES string of the molecule is COc1ccc(C#N)cc1-c1cc(C)ncc1C(=O)Nc1nc2c(s1)CN(C(=O)C1CC(OC(F)F)C1)C2. The van der Waals surface area contributed by atoms with Crippen molar-refractivity contribution in [1.29, 1.82) is 5.26 Å². The fourth-order valence-corrected chi connectivity index (χ4v) is 5.63. The lowest BCUT2D eigenvalue weighted by molar-refractivity contribution is -0.195. The Bertz CT molecular complexity index is 1420. The van der Waals surface area contributed by atoms with Gasteiger partial charge in [-0.25, -0.2) is 4.98 Å². The molecule has 1 N–H and O–H groups in total. The Labute approximate surface area is 221 Å². The third kappa shape index (κ3) is 5.07. The minimum atomic E-state index is -2.83. The van der Waals surface area contributed by atoms with Crippen LogP contribution in [0.2, 0.25) is 0 Å². The molecule has 2 aromatic heterocycles. The highest BCUT2D eigenvalue weighted by Crippen LogP contribution is 2.38. The molecule has 9 nitrogen and oxygen atoms in total. The fraction of sp³-hybridized carbons (Fsp3) is 0.346. The molecule has 12 heteroatoms. The van der Waals surface area contributed by atoms with E-state index in [1.54, 1.807) is 36.1 Å². The number of aromatic nitrogens is 2. The number of aryl methyl sites for hydroxylation is 1. The van der Waals surface area contributed by atoms with Crippen LogP contribution in [0.5, 0.6) is 5.75 Å². The van der Waals surface area contributed by atoms with E-state index in [4.69, 9.17) is 4.74 Å². The molecule has 0 atom stereocenters. The van der Waals surface area contributed by atoms with Crippen LogP contribution in [-0.4, -0.2) is 46.5 Å². The molecule has 1 saturated carbocycles. The highest BCUT2D eigenvalue weighted by atomic mass is 32.1. The zero-order valence-electron chi connectivity index (χ0n) is 20.5. The molecular weight excluding hydrogens is 516 g/mol. The van der Waals surface area contributed by atoms with Crippen LogP contribution in [0.3, 0.4) is 0 Å². The third-order valence-corrected chi connectivity index (χ3v) is 7.63. The maximum Gasteiger partial charge on any atom is 0.345 e. The Balaban J connectivity index is 1.29. The number of carbonyl (C=O) groups is 2. The lowest BCUT2D eigenvalue weighted by Gasteiger charge is -2.35. The van der Waals surface area contributed by atoms with Gasteiger partial charge in [0.25, 0.3) is 5.91 Å². The third-order valence-electron chi connectivity index (χ3n) is 6.63. The van der Waals surface area contributed by atoms with Gasteiger partial charge in [0.05, 0.1) is 54.1 Å². The van der Waals surface area contributed by atoms with Crippen molar-refractivity contribution in [2.45, 2.75) is 45.6 Å². The average Bonchev–Trinajstić information content (AvgIpc) is 3.43. The first-order valence-corrected chi connectivity index (χ1v) is 12.6. The molecule has 3 aromatic rings. The van der Waals surface area contributed by atoms with Crippen LogP contribution in [0.4, 0.5) is 13.9 Å². The summed E-state index contributed by atoms with van der Waals surface area (Å²) >= 11 is 1.28. The zero-order chi connectivity index (χ0) is 27.0. The summed E-state index contributed by atoms with van der Waals surface area (Å²) in [4.78, 5) is 37.3. The van der Waals surface area contributed by atoms with Crippen LogP contribution in [0.25, 0.3) is 11.1 Å². The number of hydrogen-bond acceptors (Lipinski definition) is 8. The minimum absolute atomic E-state index is 0.0983. The number of benzene rings is 1.